The Morgan fingerprint density at radius 1 is 1.10 bits per heavy atom. The van der Waals surface area contributed by atoms with Crippen LogP contribution in [0.1, 0.15) is 30.9 Å². The zero-order chi connectivity index (χ0) is 22.1. The van der Waals surface area contributed by atoms with Gasteiger partial charge < -0.3 is 4.79 Å². The summed E-state index contributed by atoms with van der Waals surface area (Å²) in [6.07, 6.45) is 2.17. The van der Waals surface area contributed by atoms with Crippen molar-refractivity contribution in [2.45, 2.75) is 31.6 Å². The highest BCUT2D eigenvalue weighted by molar-refractivity contribution is 7.90. The van der Waals surface area contributed by atoms with Crippen molar-refractivity contribution in [1.82, 2.24) is 3.97 Å². The van der Waals surface area contributed by atoms with Crippen molar-refractivity contribution in [1.29, 1.82) is 0 Å². The second kappa shape index (κ2) is 8.39. The molecule has 0 spiro atoms. The minimum atomic E-state index is -3.92. The fourth-order valence-corrected chi connectivity index (χ4v) is 5.18. The van der Waals surface area contributed by atoms with E-state index in [9.17, 15) is 23.3 Å². The predicted molar refractivity (Wildman–Crippen MR) is 115 cm³/mol. The molecule has 0 amide bonds. The summed E-state index contributed by atoms with van der Waals surface area (Å²) in [4.78, 5) is 22.8. The number of nitro groups is 1. The molecule has 30 heavy (non-hydrogen) atoms. The van der Waals surface area contributed by atoms with Gasteiger partial charge in [-0.2, -0.15) is 0 Å². The third-order valence-electron chi connectivity index (χ3n) is 5.42. The number of benzene rings is 2. The van der Waals surface area contributed by atoms with Crippen LogP contribution < -0.4 is 0 Å². The van der Waals surface area contributed by atoms with Crippen LogP contribution in [0, 0.1) is 28.9 Å². The lowest BCUT2D eigenvalue weighted by Crippen LogP contribution is -2.26. The molecule has 0 radical (unpaired) electrons. The molecule has 2 atom stereocenters. The maximum absolute atomic E-state index is 13.4. The third-order valence-corrected chi connectivity index (χ3v) is 7.11. The van der Waals surface area contributed by atoms with Crippen LogP contribution in [0.3, 0.4) is 0 Å². The van der Waals surface area contributed by atoms with Crippen LogP contribution in [-0.2, 0) is 14.8 Å². The van der Waals surface area contributed by atoms with Gasteiger partial charge in [-0.05, 0) is 36.6 Å². The van der Waals surface area contributed by atoms with Gasteiger partial charge >= 0.3 is 0 Å². The number of fused-ring (bicyclic) bond motifs is 1. The van der Waals surface area contributed by atoms with Crippen LogP contribution >= 0.6 is 0 Å². The molecule has 2 aromatic carbocycles. The van der Waals surface area contributed by atoms with Crippen LogP contribution in [0.5, 0.6) is 0 Å². The second-order valence-electron chi connectivity index (χ2n) is 7.79. The van der Waals surface area contributed by atoms with Crippen molar-refractivity contribution in [3.8, 4) is 0 Å². The number of carbonyl (C=O) groups is 1. The number of aryl methyl sites for hydroxylation is 1. The molecule has 0 bridgehead atoms. The lowest BCUT2D eigenvalue weighted by molar-refractivity contribution is -0.484. The van der Waals surface area contributed by atoms with Gasteiger partial charge in [-0.3, -0.25) is 10.1 Å². The predicted octanol–water partition coefficient (Wildman–Crippen LogP) is 4.02. The minimum Gasteiger partial charge on any atom is -0.303 e. The monoisotopic (exact) mass is 428 g/mol. The average molecular weight is 429 g/mol. The number of nitrogens with zero attached hydrogens (tertiary/aromatic N) is 2. The molecule has 0 N–H and O–H groups in total. The van der Waals surface area contributed by atoms with Crippen LogP contribution in [0.15, 0.2) is 59.6 Å². The van der Waals surface area contributed by atoms with E-state index >= 15 is 0 Å². The molecule has 1 heterocycles. The summed E-state index contributed by atoms with van der Waals surface area (Å²) < 4.78 is 27.9. The first kappa shape index (κ1) is 21.7. The summed E-state index contributed by atoms with van der Waals surface area (Å²) in [6, 6.07) is 13.4. The maximum atomic E-state index is 13.4. The van der Waals surface area contributed by atoms with Crippen molar-refractivity contribution < 1.29 is 18.1 Å². The molecular formula is C22H24N2O5S. The van der Waals surface area contributed by atoms with E-state index in [1.165, 1.54) is 18.3 Å². The summed E-state index contributed by atoms with van der Waals surface area (Å²) in [7, 11) is -3.92. The van der Waals surface area contributed by atoms with Gasteiger partial charge in [0, 0.05) is 22.4 Å². The van der Waals surface area contributed by atoms with Gasteiger partial charge in [0.2, 0.25) is 6.54 Å². The molecule has 0 aliphatic heterocycles. The Bertz CT molecular complexity index is 1180. The first-order valence-corrected chi connectivity index (χ1v) is 11.1. The molecule has 0 aliphatic carbocycles. The van der Waals surface area contributed by atoms with Crippen LogP contribution in [-0.4, -0.2) is 30.1 Å². The van der Waals surface area contributed by atoms with Crippen molar-refractivity contribution in [3.63, 3.8) is 0 Å². The van der Waals surface area contributed by atoms with Crippen molar-refractivity contribution in [2.75, 3.05) is 6.54 Å². The third kappa shape index (κ3) is 4.00. The Morgan fingerprint density at radius 3 is 2.30 bits per heavy atom. The lowest BCUT2D eigenvalue weighted by atomic mass is 9.80. The SMILES string of the molecule is Cc1ccc(S(=O)(=O)n2cc([C@H](C[N+](=O)[O-])[C@@H](C=O)C(C)C)c3ccccc32)cc1. The summed E-state index contributed by atoms with van der Waals surface area (Å²) >= 11 is 0. The number of para-hydroxylation sites is 1. The summed E-state index contributed by atoms with van der Waals surface area (Å²) in [5.74, 6) is -1.49. The highest BCUT2D eigenvalue weighted by Gasteiger charge is 2.34. The van der Waals surface area contributed by atoms with E-state index in [4.69, 9.17) is 0 Å². The Morgan fingerprint density at radius 2 is 1.73 bits per heavy atom. The summed E-state index contributed by atoms with van der Waals surface area (Å²) in [6.45, 7) is 5.07. The molecule has 1 aromatic heterocycles. The van der Waals surface area contributed by atoms with Crippen molar-refractivity contribution >= 4 is 27.2 Å². The van der Waals surface area contributed by atoms with Gasteiger partial charge in [-0.15, -0.1) is 0 Å². The first-order chi connectivity index (χ1) is 14.2. The highest BCUT2D eigenvalue weighted by atomic mass is 32.2. The van der Waals surface area contributed by atoms with E-state index in [1.807, 2.05) is 20.8 Å². The van der Waals surface area contributed by atoms with Crippen molar-refractivity contribution in [3.05, 3.63) is 76.0 Å². The molecule has 0 fully saturated rings. The average Bonchev–Trinajstić information content (AvgIpc) is 3.08. The Kier molecular flexibility index (Phi) is 6.07. The van der Waals surface area contributed by atoms with Gasteiger partial charge in [-0.1, -0.05) is 49.7 Å². The molecule has 7 nitrogen and oxygen atoms in total. The number of aromatic nitrogens is 1. The molecule has 8 heteroatoms. The van der Waals surface area contributed by atoms with Gasteiger partial charge in [0.25, 0.3) is 10.0 Å². The first-order valence-electron chi connectivity index (χ1n) is 9.66. The fourth-order valence-electron chi connectivity index (χ4n) is 3.80. The van der Waals surface area contributed by atoms with E-state index in [-0.39, 0.29) is 10.8 Å². The zero-order valence-corrected chi connectivity index (χ0v) is 17.9. The summed E-state index contributed by atoms with van der Waals surface area (Å²) in [5.41, 5.74) is 1.85. The van der Waals surface area contributed by atoms with Crippen LogP contribution in [0.25, 0.3) is 10.9 Å². The van der Waals surface area contributed by atoms with E-state index in [0.717, 1.165) is 15.8 Å². The second-order valence-corrected chi connectivity index (χ2v) is 9.61. The number of hydrogen-bond donors (Lipinski definition) is 0. The molecule has 0 unspecified atom stereocenters. The molecule has 158 valence electrons. The highest BCUT2D eigenvalue weighted by Crippen LogP contribution is 2.36. The van der Waals surface area contributed by atoms with Gasteiger partial charge in [0.15, 0.2) is 0 Å². The van der Waals surface area contributed by atoms with E-state index in [2.05, 4.69) is 0 Å². The number of rotatable bonds is 8. The van der Waals surface area contributed by atoms with Gasteiger partial charge in [0.1, 0.15) is 6.29 Å². The fraction of sp³-hybridized carbons (Fsp3) is 0.318. The topological polar surface area (TPSA) is 99.3 Å². The van der Waals surface area contributed by atoms with E-state index < -0.39 is 33.3 Å². The Hall–Kier alpha value is -3.00. The minimum absolute atomic E-state index is 0.127. The largest absolute Gasteiger partial charge is 0.303 e. The molecule has 3 rings (SSSR count). The van der Waals surface area contributed by atoms with Gasteiger partial charge in [-0.25, -0.2) is 12.4 Å². The van der Waals surface area contributed by atoms with Crippen LogP contribution in [0.2, 0.25) is 0 Å². The molecular weight excluding hydrogens is 404 g/mol. The molecule has 3 aromatic rings. The number of hydrogen-bond acceptors (Lipinski definition) is 5. The lowest BCUT2D eigenvalue weighted by Gasteiger charge is -2.22. The standard InChI is InChI=1S/C22H24N2O5S/c1-15(2)21(14-25)20(13-24(26)27)19-12-23(22-7-5-4-6-18(19)22)30(28,29)17-10-8-16(3)9-11-17/h4-12,14-15,20-21H,13H2,1-3H3/t20-,21-/m0/s1. The molecule has 0 saturated carbocycles. The maximum Gasteiger partial charge on any atom is 0.268 e. The quantitative estimate of drug-likeness (QED) is 0.306. The Labute approximate surface area is 175 Å². The number of aldehydes is 1. The molecule has 0 saturated heterocycles. The van der Waals surface area contributed by atoms with Gasteiger partial charge in [0.05, 0.1) is 16.3 Å². The normalized spacial score (nSPS) is 14.0. The molecule has 0 aliphatic rings. The zero-order valence-electron chi connectivity index (χ0n) is 17.1. The van der Waals surface area contributed by atoms with E-state index in [1.54, 1.807) is 36.4 Å². The van der Waals surface area contributed by atoms with Crippen molar-refractivity contribution in [2.24, 2.45) is 11.8 Å². The number of carbonyl (C=O) groups excluding carboxylic acids is 1. The summed E-state index contributed by atoms with van der Waals surface area (Å²) in [5, 5.41) is 12.0. The van der Waals surface area contributed by atoms with Crippen LogP contribution in [0.4, 0.5) is 0 Å². The van der Waals surface area contributed by atoms with E-state index in [0.29, 0.717) is 16.5 Å². The smallest absolute Gasteiger partial charge is 0.268 e. The Balaban J connectivity index is 2.26.